The van der Waals surface area contributed by atoms with E-state index in [4.69, 9.17) is 0 Å². The van der Waals surface area contributed by atoms with Crippen LogP contribution in [-0.2, 0) is 24.7 Å². The molecule has 2 aromatic carbocycles. The van der Waals surface area contributed by atoms with Gasteiger partial charge >= 0.3 is 12.1 Å². The molecule has 0 saturated carbocycles. The summed E-state index contributed by atoms with van der Waals surface area (Å²) in [5, 5.41) is 9.94. The van der Waals surface area contributed by atoms with Gasteiger partial charge in [0.1, 0.15) is 6.10 Å². The fourth-order valence-electron chi connectivity index (χ4n) is 2.53. The molecule has 0 aliphatic heterocycles. The Hall–Kier alpha value is -2.71. The van der Waals surface area contributed by atoms with Gasteiger partial charge in [0.25, 0.3) is 5.60 Å². The molecule has 0 fully saturated rings. The number of benzene rings is 2. The van der Waals surface area contributed by atoms with Crippen molar-refractivity contribution < 1.29 is 37.3 Å². The van der Waals surface area contributed by atoms with E-state index in [9.17, 15) is 27.9 Å². The van der Waals surface area contributed by atoms with Crippen molar-refractivity contribution in [2.24, 2.45) is 0 Å². The molecule has 0 heterocycles. The van der Waals surface area contributed by atoms with Gasteiger partial charge in [-0.3, -0.25) is 4.79 Å². The summed E-state index contributed by atoms with van der Waals surface area (Å²) in [6, 6.07) is 14.0. The molecule has 5 nitrogen and oxygen atoms in total. The number of carbonyl (C=O) groups is 2. The van der Waals surface area contributed by atoms with Gasteiger partial charge in [-0.05, 0) is 5.56 Å². The number of halogens is 3. The lowest BCUT2D eigenvalue weighted by molar-refractivity contribution is -0.276. The lowest BCUT2D eigenvalue weighted by Gasteiger charge is -2.32. The number of alkyl halides is 3. The topological polar surface area (TPSA) is 72.8 Å². The number of aliphatic hydroxyl groups is 1. The zero-order chi connectivity index (χ0) is 20.1. The number of methoxy groups -OCH3 is 1. The number of esters is 1. The van der Waals surface area contributed by atoms with Crippen LogP contribution in [0.5, 0.6) is 0 Å². The summed E-state index contributed by atoms with van der Waals surface area (Å²) in [6.07, 6.45) is -6.76. The third kappa shape index (κ3) is 4.17. The van der Waals surface area contributed by atoms with Crippen molar-refractivity contribution in [3.63, 3.8) is 0 Å². The Labute approximate surface area is 153 Å². The summed E-state index contributed by atoms with van der Waals surface area (Å²) in [7, 11) is 0.725. The SMILES string of the molecule is CO[C@@](C(=O)OCC(=O)C(O)c1ccccc1)(c1ccccc1)C(F)(F)F. The van der Waals surface area contributed by atoms with E-state index in [1.54, 1.807) is 18.2 Å². The number of ether oxygens (including phenoxy) is 2. The van der Waals surface area contributed by atoms with E-state index >= 15 is 0 Å². The molecule has 8 heteroatoms. The average Bonchev–Trinajstić information content (AvgIpc) is 2.67. The predicted molar refractivity (Wildman–Crippen MR) is 88.6 cm³/mol. The molecular formula is C19H17F3O5. The molecule has 0 radical (unpaired) electrons. The average molecular weight is 382 g/mol. The fourth-order valence-corrected chi connectivity index (χ4v) is 2.53. The maximum Gasteiger partial charge on any atom is 0.432 e. The Morgan fingerprint density at radius 1 is 1.00 bits per heavy atom. The van der Waals surface area contributed by atoms with Crippen molar-refractivity contribution in [2.45, 2.75) is 17.9 Å². The Bertz CT molecular complexity index is 777. The Morgan fingerprint density at radius 3 is 2.00 bits per heavy atom. The van der Waals surface area contributed by atoms with Crippen LogP contribution >= 0.6 is 0 Å². The highest BCUT2D eigenvalue weighted by molar-refractivity contribution is 5.89. The standard InChI is InChI=1S/C19H17F3O5/c1-26-18(19(20,21)22,14-10-6-3-7-11-14)17(25)27-12-15(23)16(24)13-8-4-2-5-9-13/h2-11,16,24H,12H2,1H3/t16?,18-/m1/s1. The van der Waals surface area contributed by atoms with Gasteiger partial charge in [-0.15, -0.1) is 0 Å². The van der Waals surface area contributed by atoms with Gasteiger partial charge in [0.05, 0.1) is 0 Å². The predicted octanol–water partition coefficient (Wildman–Crippen LogP) is 2.94. The Balaban J connectivity index is 2.21. The van der Waals surface area contributed by atoms with E-state index in [1.165, 1.54) is 30.3 Å². The highest BCUT2D eigenvalue weighted by Gasteiger charge is 2.64. The molecule has 0 aromatic heterocycles. The van der Waals surface area contributed by atoms with Crippen LogP contribution in [0.4, 0.5) is 13.2 Å². The third-order valence-electron chi connectivity index (χ3n) is 3.94. The highest BCUT2D eigenvalue weighted by Crippen LogP contribution is 2.42. The zero-order valence-corrected chi connectivity index (χ0v) is 14.3. The normalized spacial score (nSPS) is 14.9. The zero-order valence-electron chi connectivity index (χ0n) is 14.3. The van der Waals surface area contributed by atoms with Gasteiger partial charge < -0.3 is 14.6 Å². The first-order chi connectivity index (χ1) is 12.7. The summed E-state index contributed by atoms with van der Waals surface area (Å²) < 4.78 is 50.2. The van der Waals surface area contributed by atoms with E-state index in [-0.39, 0.29) is 5.56 Å². The van der Waals surface area contributed by atoms with Crippen molar-refractivity contribution in [3.8, 4) is 0 Å². The van der Waals surface area contributed by atoms with Gasteiger partial charge in [-0.25, -0.2) is 4.79 Å². The Morgan fingerprint density at radius 2 is 1.52 bits per heavy atom. The van der Waals surface area contributed by atoms with Gasteiger partial charge in [0.2, 0.25) is 5.78 Å². The number of carbonyl (C=O) groups excluding carboxylic acids is 2. The summed E-state index contributed by atoms with van der Waals surface area (Å²) >= 11 is 0. The molecule has 0 bridgehead atoms. The van der Waals surface area contributed by atoms with Crippen LogP contribution in [0, 0.1) is 0 Å². The molecule has 0 amide bonds. The highest BCUT2D eigenvalue weighted by atomic mass is 19.4. The summed E-state index contributed by atoms with van der Waals surface area (Å²) in [5.41, 5.74) is -3.64. The Kier molecular flexibility index (Phi) is 6.35. The minimum atomic E-state index is -5.14. The van der Waals surface area contributed by atoms with Crippen LogP contribution < -0.4 is 0 Å². The van der Waals surface area contributed by atoms with Crippen LogP contribution in [0.2, 0.25) is 0 Å². The van der Waals surface area contributed by atoms with E-state index < -0.39 is 41.8 Å². The van der Waals surface area contributed by atoms with Crippen LogP contribution in [-0.4, -0.2) is 36.8 Å². The molecule has 1 unspecified atom stereocenters. The van der Waals surface area contributed by atoms with Gasteiger partial charge in [0, 0.05) is 12.7 Å². The third-order valence-corrected chi connectivity index (χ3v) is 3.94. The smallest absolute Gasteiger partial charge is 0.432 e. The number of hydrogen-bond donors (Lipinski definition) is 1. The van der Waals surface area contributed by atoms with Crippen LogP contribution in [0.15, 0.2) is 60.7 Å². The van der Waals surface area contributed by atoms with E-state index in [0.29, 0.717) is 0 Å². The number of hydrogen-bond acceptors (Lipinski definition) is 5. The fraction of sp³-hybridized carbons (Fsp3) is 0.263. The molecule has 144 valence electrons. The summed E-state index contributed by atoms with van der Waals surface area (Å²) in [4.78, 5) is 24.3. The number of ketones is 1. The van der Waals surface area contributed by atoms with Crippen molar-refractivity contribution in [1.29, 1.82) is 0 Å². The molecule has 2 rings (SSSR count). The minimum absolute atomic E-state index is 0.232. The van der Waals surface area contributed by atoms with Crippen LogP contribution in [0.25, 0.3) is 0 Å². The first kappa shape index (κ1) is 20.6. The molecule has 2 atom stereocenters. The second-order valence-electron chi connectivity index (χ2n) is 5.60. The number of aliphatic hydroxyl groups excluding tert-OH is 1. The van der Waals surface area contributed by atoms with Gasteiger partial charge in [-0.2, -0.15) is 13.2 Å². The summed E-state index contributed by atoms with van der Waals surface area (Å²) in [5.74, 6) is -2.76. The maximum absolute atomic E-state index is 13.7. The van der Waals surface area contributed by atoms with E-state index in [0.717, 1.165) is 19.2 Å². The molecule has 0 saturated heterocycles. The van der Waals surface area contributed by atoms with Crippen molar-refractivity contribution in [2.75, 3.05) is 13.7 Å². The van der Waals surface area contributed by atoms with Crippen LogP contribution in [0.3, 0.4) is 0 Å². The number of rotatable bonds is 7. The van der Waals surface area contributed by atoms with Crippen molar-refractivity contribution in [3.05, 3.63) is 71.8 Å². The van der Waals surface area contributed by atoms with E-state index in [2.05, 4.69) is 9.47 Å². The summed E-state index contributed by atoms with van der Waals surface area (Å²) in [6.45, 7) is -1.04. The minimum Gasteiger partial charge on any atom is -0.455 e. The van der Waals surface area contributed by atoms with Crippen LogP contribution in [0.1, 0.15) is 17.2 Å². The van der Waals surface area contributed by atoms with Crippen molar-refractivity contribution in [1.82, 2.24) is 0 Å². The largest absolute Gasteiger partial charge is 0.455 e. The molecule has 1 N–H and O–H groups in total. The molecule has 27 heavy (non-hydrogen) atoms. The first-order valence-corrected chi connectivity index (χ1v) is 7.84. The number of Topliss-reactive ketones (excluding diaryl/α,β-unsaturated/α-hetero) is 1. The monoisotopic (exact) mass is 382 g/mol. The van der Waals surface area contributed by atoms with Gasteiger partial charge in [0.15, 0.2) is 6.61 Å². The molecular weight excluding hydrogens is 365 g/mol. The second-order valence-corrected chi connectivity index (χ2v) is 5.60. The van der Waals surface area contributed by atoms with Gasteiger partial charge in [-0.1, -0.05) is 60.7 Å². The quantitative estimate of drug-likeness (QED) is 0.746. The molecule has 0 aliphatic rings. The first-order valence-electron chi connectivity index (χ1n) is 7.84. The molecule has 2 aromatic rings. The van der Waals surface area contributed by atoms with Crippen molar-refractivity contribution >= 4 is 11.8 Å². The lowest BCUT2D eigenvalue weighted by atomic mass is 9.92. The lowest BCUT2D eigenvalue weighted by Crippen LogP contribution is -2.52. The molecule has 0 spiro atoms. The second kappa shape index (κ2) is 8.32. The maximum atomic E-state index is 13.7. The molecule has 0 aliphatic carbocycles. The van der Waals surface area contributed by atoms with E-state index in [1.807, 2.05) is 0 Å².